The normalized spacial score (nSPS) is 16.6. The lowest BCUT2D eigenvalue weighted by Gasteiger charge is -2.37. The summed E-state index contributed by atoms with van der Waals surface area (Å²) in [6.07, 6.45) is 2.50. The molecule has 1 heterocycles. The predicted molar refractivity (Wildman–Crippen MR) is 94.5 cm³/mol. The summed E-state index contributed by atoms with van der Waals surface area (Å²) in [4.78, 5) is 12.1. The maximum atomic E-state index is 12.1. The Balaban J connectivity index is 0.00000242. The molecule has 1 aliphatic heterocycles. The zero-order valence-corrected chi connectivity index (χ0v) is 15.3. The zero-order valence-electron chi connectivity index (χ0n) is 12.9. The van der Waals surface area contributed by atoms with Gasteiger partial charge in [0.2, 0.25) is 5.91 Å². The average molecular weight is 392 g/mol. The molecule has 0 aromatic heterocycles. The van der Waals surface area contributed by atoms with Gasteiger partial charge in [0, 0.05) is 23.5 Å². The van der Waals surface area contributed by atoms with E-state index in [1.165, 1.54) is 0 Å². The standard InChI is InChI=1S/C16H23BrN2O2.ClH/c1-21-12-16(5-7-18-8-6-16)11-19-15(20)10-13-3-2-4-14(17)9-13;/h2-4,9,18H,5-8,10-12H2,1H3,(H,19,20);1H. The summed E-state index contributed by atoms with van der Waals surface area (Å²) in [6, 6.07) is 7.87. The molecule has 0 radical (unpaired) electrons. The van der Waals surface area contributed by atoms with E-state index in [0.29, 0.717) is 19.6 Å². The lowest BCUT2D eigenvalue weighted by molar-refractivity contribution is -0.121. The Bertz CT molecular complexity index is 473. The van der Waals surface area contributed by atoms with Crippen LogP contribution in [0.15, 0.2) is 28.7 Å². The fourth-order valence-electron chi connectivity index (χ4n) is 2.82. The van der Waals surface area contributed by atoms with Crippen LogP contribution in [0.5, 0.6) is 0 Å². The molecule has 124 valence electrons. The fourth-order valence-corrected chi connectivity index (χ4v) is 3.26. The zero-order chi connectivity index (χ0) is 15.1. The number of halogens is 2. The van der Waals surface area contributed by atoms with Crippen molar-refractivity contribution < 1.29 is 9.53 Å². The molecule has 0 spiro atoms. The van der Waals surface area contributed by atoms with E-state index in [1.54, 1.807) is 7.11 Å². The second-order valence-electron chi connectivity index (χ2n) is 5.77. The molecule has 1 aromatic rings. The van der Waals surface area contributed by atoms with Crippen LogP contribution in [0.3, 0.4) is 0 Å². The van der Waals surface area contributed by atoms with Crippen LogP contribution in [-0.2, 0) is 16.0 Å². The van der Waals surface area contributed by atoms with Crippen LogP contribution in [0.4, 0.5) is 0 Å². The first-order valence-corrected chi connectivity index (χ1v) is 8.14. The molecule has 1 saturated heterocycles. The topological polar surface area (TPSA) is 50.4 Å². The third kappa shape index (κ3) is 5.88. The van der Waals surface area contributed by atoms with Crippen LogP contribution in [0.25, 0.3) is 0 Å². The molecular formula is C16H24BrClN2O2. The van der Waals surface area contributed by atoms with Gasteiger partial charge in [-0.15, -0.1) is 12.4 Å². The van der Waals surface area contributed by atoms with E-state index in [-0.39, 0.29) is 23.7 Å². The lowest BCUT2D eigenvalue weighted by atomic mass is 9.79. The van der Waals surface area contributed by atoms with Gasteiger partial charge in [-0.3, -0.25) is 4.79 Å². The van der Waals surface area contributed by atoms with Gasteiger partial charge in [-0.25, -0.2) is 0 Å². The molecule has 0 atom stereocenters. The monoisotopic (exact) mass is 390 g/mol. The summed E-state index contributed by atoms with van der Waals surface area (Å²) < 4.78 is 6.37. The summed E-state index contributed by atoms with van der Waals surface area (Å²) in [7, 11) is 1.73. The number of carbonyl (C=O) groups excluding carboxylic acids is 1. The molecule has 2 N–H and O–H groups in total. The summed E-state index contributed by atoms with van der Waals surface area (Å²) in [5, 5.41) is 6.44. The Labute approximate surface area is 146 Å². The molecule has 1 amide bonds. The number of piperidine rings is 1. The second kappa shape index (κ2) is 9.50. The van der Waals surface area contributed by atoms with Crippen molar-refractivity contribution in [1.29, 1.82) is 0 Å². The summed E-state index contributed by atoms with van der Waals surface area (Å²) in [6.45, 7) is 3.37. The summed E-state index contributed by atoms with van der Waals surface area (Å²) in [5.41, 5.74) is 1.10. The highest BCUT2D eigenvalue weighted by atomic mass is 79.9. The number of nitrogens with one attached hydrogen (secondary N) is 2. The molecular weight excluding hydrogens is 368 g/mol. The number of hydrogen-bond acceptors (Lipinski definition) is 3. The van der Waals surface area contributed by atoms with E-state index in [0.717, 1.165) is 36.0 Å². The molecule has 0 aliphatic carbocycles. The van der Waals surface area contributed by atoms with Crippen molar-refractivity contribution in [1.82, 2.24) is 10.6 Å². The average Bonchev–Trinajstić information content (AvgIpc) is 2.47. The molecule has 1 fully saturated rings. The number of hydrogen-bond donors (Lipinski definition) is 2. The van der Waals surface area contributed by atoms with Crippen molar-refractivity contribution in [3.05, 3.63) is 34.3 Å². The van der Waals surface area contributed by atoms with E-state index in [1.807, 2.05) is 24.3 Å². The number of rotatable bonds is 6. The van der Waals surface area contributed by atoms with E-state index in [2.05, 4.69) is 26.6 Å². The number of benzene rings is 1. The maximum Gasteiger partial charge on any atom is 0.224 e. The van der Waals surface area contributed by atoms with E-state index < -0.39 is 0 Å². The van der Waals surface area contributed by atoms with E-state index in [4.69, 9.17) is 4.74 Å². The highest BCUT2D eigenvalue weighted by Gasteiger charge is 2.32. The minimum absolute atomic E-state index is 0. The second-order valence-corrected chi connectivity index (χ2v) is 6.68. The first kappa shape index (κ1) is 19.4. The van der Waals surface area contributed by atoms with Gasteiger partial charge in [-0.05, 0) is 43.6 Å². The molecule has 22 heavy (non-hydrogen) atoms. The number of carbonyl (C=O) groups is 1. The van der Waals surface area contributed by atoms with Gasteiger partial charge in [-0.1, -0.05) is 28.1 Å². The van der Waals surface area contributed by atoms with Gasteiger partial charge < -0.3 is 15.4 Å². The predicted octanol–water partition coefficient (Wildman–Crippen LogP) is 2.55. The molecule has 0 bridgehead atoms. The smallest absolute Gasteiger partial charge is 0.224 e. The molecule has 1 aliphatic rings. The molecule has 4 nitrogen and oxygen atoms in total. The van der Waals surface area contributed by atoms with Crippen molar-refractivity contribution in [3.63, 3.8) is 0 Å². The van der Waals surface area contributed by atoms with Crippen molar-refractivity contribution in [2.75, 3.05) is 33.4 Å². The molecule has 6 heteroatoms. The van der Waals surface area contributed by atoms with Gasteiger partial charge in [0.15, 0.2) is 0 Å². The largest absolute Gasteiger partial charge is 0.384 e. The Morgan fingerprint density at radius 1 is 1.41 bits per heavy atom. The highest BCUT2D eigenvalue weighted by Crippen LogP contribution is 2.28. The van der Waals surface area contributed by atoms with Crippen LogP contribution in [0.2, 0.25) is 0 Å². The van der Waals surface area contributed by atoms with Crippen molar-refractivity contribution in [2.24, 2.45) is 5.41 Å². The molecule has 1 aromatic carbocycles. The Morgan fingerprint density at radius 3 is 2.77 bits per heavy atom. The van der Waals surface area contributed by atoms with Gasteiger partial charge in [0.25, 0.3) is 0 Å². The van der Waals surface area contributed by atoms with Gasteiger partial charge in [0.1, 0.15) is 0 Å². The van der Waals surface area contributed by atoms with Crippen molar-refractivity contribution in [3.8, 4) is 0 Å². The van der Waals surface area contributed by atoms with Crippen LogP contribution in [0.1, 0.15) is 18.4 Å². The minimum atomic E-state index is 0. The van der Waals surface area contributed by atoms with E-state index >= 15 is 0 Å². The van der Waals surface area contributed by atoms with Crippen LogP contribution in [0, 0.1) is 5.41 Å². The first-order chi connectivity index (χ1) is 10.1. The highest BCUT2D eigenvalue weighted by molar-refractivity contribution is 9.10. The van der Waals surface area contributed by atoms with Gasteiger partial charge in [0.05, 0.1) is 13.0 Å². The minimum Gasteiger partial charge on any atom is -0.384 e. The quantitative estimate of drug-likeness (QED) is 0.783. The third-order valence-corrected chi connectivity index (χ3v) is 4.52. The summed E-state index contributed by atoms with van der Waals surface area (Å²) >= 11 is 3.43. The number of amides is 1. The van der Waals surface area contributed by atoms with Crippen molar-refractivity contribution >= 4 is 34.2 Å². The van der Waals surface area contributed by atoms with Crippen LogP contribution in [-0.4, -0.2) is 39.3 Å². The molecule has 0 unspecified atom stereocenters. The van der Waals surface area contributed by atoms with Gasteiger partial charge >= 0.3 is 0 Å². The maximum absolute atomic E-state index is 12.1. The first-order valence-electron chi connectivity index (χ1n) is 7.34. The number of ether oxygens (including phenoxy) is 1. The molecule has 0 saturated carbocycles. The summed E-state index contributed by atoms with van der Waals surface area (Å²) in [5.74, 6) is 0.0714. The van der Waals surface area contributed by atoms with Crippen LogP contribution < -0.4 is 10.6 Å². The third-order valence-electron chi connectivity index (χ3n) is 4.03. The van der Waals surface area contributed by atoms with Crippen molar-refractivity contribution in [2.45, 2.75) is 19.3 Å². The Hall–Kier alpha value is -0.620. The fraction of sp³-hybridized carbons (Fsp3) is 0.562. The molecule has 2 rings (SSSR count). The van der Waals surface area contributed by atoms with Crippen LogP contribution >= 0.6 is 28.3 Å². The lowest BCUT2D eigenvalue weighted by Crippen LogP contribution is -2.47. The Kier molecular flexibility index (Phi) is 8.39. The van der Waals surface area contributed by atoms with E-state index in [9.17, 15) is 4.79 Å². The SMILES string of the molecule is COCC1(CNC(=O)Cc2cccc(Br)c2)CCNCC1.Cl. The number of methoxy groups -OCH3 is 1. The Morgan fingerprint density at radius 2 is 2.14 bits per heavy atom. The van der Waals surface area contributed by atoms with Gasteiger partial charge in [-0.2, -0.15) is 0 Å².